The van der Waals surface area contributed by atoms with E-state index in [1.807, 2.05) is 0 Å². The van der Waals surface area contributed by atoms with Gasteiger partial charge in [-0.15, -0.1) is 0 Å². The zero-order valence-electron chi connectivity index (χ0n) is 8.47. The molecule has 0 aliphatic heterocycles. The molecule has 15 heavy (non-hydrogen) atoms. The molecule has 0 atom stereocenters. The van der Waals surface area contributed by atoms with Crippen molar-refractivity contribution < 1.29 is 47.3 Å². The molecule has 0 aromatic carbocycles. The number of allylic oxidation sites excluding steroid dienone is 1. The normalized spacial score (nSPS) is 10.4. The molecule has 0 unspecified atom stereocenters. The van der Waals surface area contributed by atoms with E-state index < -0.39 is 5.97 Å². The van der Waals surface area contributed by atoms with Crippen LogP contribution in [0.5, 0.6) is 5.88 Å². The van der Waals surface area contributed by atoms with Gasteiger partial charge < -0.3 is 9.84 Å². The summed E-state index contributed by atoms with van der Waals surface area (Å²) in [5.74, 6) is -0.767. The minimum Gasteiger partial charge on any atom is -0.493 e. The molecule has 0 bridgehead atoms. The Hall–Kier alpha value is -0.806. The predicted molar refractivity (Wildman–Crippen MR) is 49.4 cm³/mol. The number of ether oxygens (including phenoxy) is 1. The van der Waals surface area contributed by atoms with Crippen LogP contribution in [0.2, 0.25) is 0 Å². The first kappa shape index (κ1) is 14.2. The number of methoxy groups -OCH3 is 1. The van der Waals surface area contributed by atoms with E-state index >= 15 is 0 Å². The Bertz CT molecular complexity index is 379. The third kappa shape index (κ3) is 3.36. The van der Waals surface area contributed by atoms with E-state index in [0.29, 0.717) is 0 Å². The Labute approximate surface area is 112 Å². The number of aromatic hydroxyl groups is 1. The fraction of sp³-hybridized carbons (Fsp3) is 0.222. The van der Waals surface area contributed by atoms with E-state index in [0.717, 1.165) is 0 Å². The quantitative estimate of drug-likeness (QED) is 0.640. The van der Waals surface area contributed by atoms with E-state index in [-0.39, 0.29) is 49.7 Å². The van der Waals surface area contributed by atoms with Gasteiger partial charge in [0.25, 0.3) is 0 Å². The van der Waals surface area contributed by atoms with Crippen molar-refractivity contribution in [3.05, 3.63) is 24.2 Å². The molecule has 5 nitrogen and oxygen atoms in total. The van der Waals surface area contributed by atoms with Crippen molar-refractivity contribution in [2.45, 2.75) is 6.92 Å². The van der Waals surface area contributed by atoms with Crippen LogP contribution in [0.25, 0.3) is 5.57 Å². The molecule has 6 heteroatoms. The Morgan fingerprint density at radius 1 is 1.60 bits per heavy atom. The summed E-state index contributed by atoms with van der Waals surface area (Å²) in [6.45, 7) is 1.67. The first-order chi connectivity index (χ1) is 6.70. The van der Waals surface area contributed by atoms with Crippen molar-refractivity contribution in [1.82, 2.24) is 9.97 Å². The first-order valence-electron chi connectivity index (χ1n) is 3.94. The maximum atomic E-state index is 11.2. The van der Waals surface area contributed by atoms with Gasteiger partial charge in [0, 0.05) is 38.9 Å². The molecule has 77 valence electrons. The zero-order valence-corrected chi connectivity index (χ0v) is 11.3. The molecule has 0 spiro atoms. The fourth-order valence-corrected chi connectivity index (χ4v) is 1.01. The summed E-state index contributed by atoms with van der Waals surface area (Å²) in [4.78, 5) is 18.5. The van der Waals surface area contributed by atoms with E-state index in [2.05, 4.69) is 14.7 Å². The second kappa shape index (κ2) is 6.64. The number of aromatic nitrogens is 2. The van der Waals surface area contributed by atoms with Crippen LogP contribution in [0.4, 0.5) is 0 Å². The van der Waals surface area contributed by atoms with Gasteiger partial charge in [-0.1, -0.05) is 6.08 Å². The van der Waals surface area contributed by atoms with Gasteiger partial charge in [0.1, 0.15) is 6.33 Å². The van der Waals surface area contributed by atoms with Crippen LogP contribution >= 0.6 is 0 Å². The average molecular weight is 283 g/mol. The zero-order chi connectivity index (χ0) is 10.6. The Kier molecular flexibility index (Phi) is 6.28. The van der Waals surface area contributed by atoms with Crippen molar-refractivity contribution in [2.75, 3.05) is 7.11 Å². The summed E-state index contributed by atoms with van der Waals surface area (Å²) in [6, 6.07) is 0. The van der Waals surface area contributed by atoms with Crippen LogP contribution in [0.3, 0.4) is 0 Å². The monoisotopic (exact) mass is 283 g/mol. The SMILES string of the molecule is C/C=C(/C(=O)OC)c1cncnc1O.[Y]. The van der Waals surface area contributed by atoms with E-state index in [1.165, 1.54) is 25.7 Å². The number of nitrogens with zero attached hydrogens (tertiary/aromatic N) is 2. The van der Waals surface area contributed by atoms with Crippen molar-refractivity contribution in [3.8, 4) is 5.88 Å². The van der Waals surface area contributed by atoms with Gasteiger partial charge in [-0.3, -0.25) is 0 Å². The summed E-state index contributed by atoms with van der Waals surface area (Å²) in [5.41, 5.74) is 0.507. The van der Waals surface area contributed by atoms with Crippen molar-refractivity contribution >= 4 is 11.5 Å². The van der Waals surface area contributed by atoms with Gasteiger partial charge in [-0.25, -0.2) is 14.8 Å². The smallest absolute Gasteiger partial charge is 0.338 e. The Morgan fingerprint density at radius 3 is 2.73 bits per heavy atom. The van der Waals surface area contributed by atoms with Crippen LogP contribution < -0.4 is 0 Å². The minimum absolute atomic E-state index is 0. The van der Waals surface area contributed by atoms with Crippen LogP contribution in [0, 0.1) is 0 Å². The maximum Gasteiger partial charge on any atom is 0.338 e. The number of esters is 1. The standard InChI is InChI=1S/C9H10N2O3.Y/c1-3-6(9(13)14-2)7-4-10-5-11-8(7)12;/h3-5H,1-2H3,(H,10,11,12);/b6-3+;. The predicted octanol–water partition coefficient (Wildman–Crippen LogP) is 0.756. The molecule has 1 aromatic heterocycles. The van der Waals surface area contributed by atoms with Gasteiger partial charge in [0.2, 0.25) is 5.88 Å². The van der Waals surface area contributed by atoms with Crippen molar-refractivity contribution in [2.24, 2.45) is 0 Å². The van der Waals surface area contributed by atoms with E-state index in [4.69, 9.17) is 0 Å². The van der Waals surface area contributed by atoms with Crippen molar-refractivity contribution in [3.63, 3.8) is 0 Å². The maximum absolute atomic E-state index is 11.2. The molecule has 1 heterocycles. The van der Waals surface area contributed by atoms with Crippen LogP contribution in [-0.2, 0) is 42.2 Å². The molecule has 1 radical (unpaired) electrons. The van der Waals surface area contributed by atoms with Crippen LogP contribution in [0.15, 0.2) is 18.6 Å². The number of hydrogen-bond donors (Lipinski definition) is 1. The van der Waals surface area contributed by atoms with Crippen LogP contribution in [0.1, 0.15) is 12.5 Å². The number of carbonyl (C=O) groups is 1. The van der Waals surface area contributed by atoms with Crippen LogP contribution in [-0.4, -0.2) is 28.2 Å². The molecule has 0 aliphatic carbocycles. The molecule has 0 fully saturated rings. The van der Waals surface area contributed by atoms with Gasteiger partial charge in [0.15, 0.2) is 0 Å². The number of hydrogen-bond acceptors (Lipinski definition) is 5. The molecule has 0 aliphatic rings. The number of rotatable bonds is 2. The molecular weight excluding hydrogens is 273 g/mol. The van der Waals surface area contributed by atoms with Gasteiger partial charge in [-0.2, -0.15) is 0 Å². The molecular formula is C9H10N2O3Y. The minimum atomic E-state index is -0.530. The first-order valence-corrected chi connectivity index (χ1v) is 3.94. The van der Waals surface area contributed by atoms with E-state index in [1.54, 1.807) is 6.92 Å². The summed E-state index contributed by atoms with van der Waals surface area (Å²) in [7, 11) is 1.27. The molecule has 0 amide bonds. The largest absolute Gasteiger partial charge is 0.493 e. The van der Waals surface area contributed by atoms with Gasteiger partial charge in [0.05, 0.1) is 18.2 Å². The fourth-order valence-electron chi connectivity index (χ4n) is 1.01. The molecule has 1 aromatic rings. The number of carbonyl (C=O) groups excluding carboxylic acids is 1. The third-order valence-corrected chi connectivity index (χ3v) is 1.68. The summed E-state index contributed by atoms with van der Waals surface area (Å²) >= 11 is 0. The van der Waals surface area contributed by atoms with Crippen molar-refractivity contribution in [1.29, 1.82) is 0 Å². The van der Waals surface area contributed by atoms with Gasteiger partial charge >= 0.3 is 5.97 Å². The Balaban J connectivity index is 0.00000196. The summed E-state index contributed by atoms with van der Waals surface area (Å²) in [5, 5.41) is 9.36. The van der Waals surface area contributed by atoms with E-state index in [9.17, 15) is 9.90 Å². The molecule has 1 rings (SSSR count). The second-order valence-corrected chi connectivity index (χ2v) is 2.45. The topological polar surface area (TPSA) is 72.3 Å². The molecule has 0 saturated heterocycles. The Morgan fingerprint density at radius 2 is 2.27 bits per heavy atom. The second-order valence-electron chi connectivity index (χ2n) is 2.45. The van der Waals surface area contributed by atoms with Gasteiger partial charge in [-0.05, 0) is 6.92 Å². The molecule has 0 saturated carbocycles. The summed E-state index contributed by atoms with van der Waals surface area (Å²) in [6.07, 6.45) is 4.09. The summed E-state index contributed by atoms with van der Waals surface area (Å²) < 4.78 is 4.54. The molecule has 1 N–H and O–H groups in total. The average Bonchev–Trinajstić information content (AvgIpc) is 2.21. The third-order valence-electron chi connectivity index (χ3n) is 1.68.